The van der Waals surface area contributed by atoms with Crippen LogP contribution in [0.4, 0.5) is 10.1 Å². The molecule has 0 amide bonds. The van der Waals surface area contributed by atoms with Crippen molar-refractivity contribution >= 4 is 45.9 Å². The van der Waals surface area contributed by atoms with E-state index in [1.54, 1.807) is 33.7 Å². The minimum absolute atomic E-state index is 0.191. The van der Waals surface area contributed by atoms with Crippen LogP contribution < -0.4 is 10.3 Å². The van der Waals surface area contributed by atoms with Crippen LogP contribution in [0.3, 0.4) is 0 Å². The molecule has 1 saturated heterocycles. The van der Waals surface area contributed by atoms with E-state index in [1.165, 1.54) is 23.9 Å². The largest absolute Gasteiger partial charge is 0.477 e. The topological polar surface area (TPSA) is 82.8 Å². The fourth-order valence-corrected chi connectivity index (χ4v) is 5.44. The molecule has 0 saturated carbocycles. The quantitative estimate of drug-likeness (QED) is 0.613. The Morgan fingerprint density at radius 1 is 1.16 bits per heavy atom. The molecule has 5 rings (SSSR count). The summed E-state index contributed by atoms with van der Waals surface area (Å²) in [5, 5.41) is 21.7. The zero-order chi connectivity index (χ0) is 21.9. The third-order valence-electron chi connectivity index (χ3n) is 6.14. The Kier molecular flexibility index (Phi) is 4.76. The van der Waals surface area contributed by atoms with Crippen LogP contribution in [0.1, 0.15) is 28.8 Å². The van der Waals surface area contributed by atoms with Crippen LogP contribution in [-0.4, -0.2) is 33.8 Å². The minimum atomic E-state index is -1.28. The molecule has 2 aliphatic heterocycles. The van der Waals surface area contributed by atoms with Gasteiger partial charge in [0.25, 0.3) is 0 Å². The van der Waals surface area contributed by atoms with Gasteiger partial charge in [-0.3, -0.25) is 4.79 Å². The predicted molar refractivity (Wildman–Crippen MR) is 118 cm³/mol. The number of rotatable bonds is 3. The van der Waals surface area contributed by atoms with E-state index < -0.39 is 22.8 Å². The number of hydrogen-bond donors (Lipinski definition) is 2. The third kappa shape index (κ3) is 3.21. The number of hydrogen-bond acceptors (Lipinski definition) is 5. The second-order valence-corrected chi connectivity index (χ2v) is 9.23. The van der Waals surface area contributed by atoms with Gasteiger partial charge in [0.15, 0.2) is 0 Å². The minimum Gasteiger partial charge on any atom is -0.477 e. The lowest BCUT2D eigenvalue weighted by Crippen LogP contribution is -2.43. The summed E-state index contributed by atoms with van der Waals surface area (Å²) in [4.78, 5) is 26.2. The molecule has 0 unspecified atom stereocenters. The van der Waals surface area contributed by atoms with Crippen molar-refractivity contribution in [1.82, 2.24) is 4.57 Å². The van der Waals surface area contributed by atoms with E-state index in [2.05, 4.69) is 0 Å². The molecule has 0 spiro atoms. The molecule has 0 bridgehead atoms. The van der Waals surface area contributed by atoms with Crippen LogP contribution in [0.2, 0.25) is 5.02 Å². The fraction of sp³-hybridized carbons (Fsp3) is 0.273. The lowest BCUT2D eigenvalue weighted by atomic mass is 9.84. The van der Waals surface area contributed by atoms with E-state index in [0.717, 1.165) is 5.56 Å². The first-order valence-electron chi connectivity index (χ1n) is 9.78. The molecule has 9 heteroatoms. The summed E-state index contributed by atoms with van der Waals surface area (Å²) in [6, 6.07) is 9.79. The van der Waals surface area contributed by atoms with Gasteiger partial charge in [-0.05, 0) is 36.6 Å². The van der Waals surface area contributed by atoms with Crippen molar-refractivity contribution in [3.63, 3.8) is 0 Å². The number of thioether (sulfide) groups is 1. The van der Waals surface area contributed by atoms with E-state index in [-0.39, 0.29) is 16.6 Å². The van der Waals surface area contributed by atoms with E-state index in [4.69, 9.17) is 11.6 Å². The highest BCUT2D eigenvalue weighted by molar-refractivity contribution is 7.99. The van der Waals surface area contributed by atoms with Crippen LogP contribution in [0.25, 0.3) is 10.9 Å². The smallest absolute Gasteiger partial charge is 0.342 e. The Morgan fingerprint density at radius 2 is 1.84 bits per heavy atom. The molecule has 0 radical (unpaired) electrons. The van der Waals surface area contributed by atoms with Gasteiger partial charge in [-0.25, -0.2) is 9.18 Å². The molecular weight excluding hydrogens is 443 g/mol. The number of carboxylic acid groups (broad SMARTS) is 1. The number of fused-ring (bicyclic) bond motifs is 3. The lowest BCUT2D eigenvalue weighted by molar-refractivity contribution is 0.0117. The highest BCUT2D eigenvalue weighted by Gasteiger charge is 2.35. The normalized spacial score (nSPS) is 17.3. The van der Waals surface area contributed by atoms with E-state index >= 15 is 4.39 Å². The molecule has 31 heavy (non-hydrogen) atoms. The van der Waals surface area contributed by atoms with E-state index in [1.807, 2.05) is 0 Å². The second kappa shape index (κ2) is 7.25. The summed E-state index contributed by atoms with van der Waals surface area (Å²) in [5.41, 5.74) is -0.498. The SMILES string of the molecule is O=C(O)c1c2n(c3cc(F)c(N4CCC(O)(c5ccc(Cl)cc5)CC4)cc3c1=O)CS2. The molecule has 3 aromatic rings. The molecule has 1 aromatic heterocycles. The number of pyridine rings is 1. The Bertz CT molecular complexity index is 1280. The van der Waals surface area contributed by atoms with Crippen LogP contribution in [0, 0.1) is 5.82 Å². The Balaban J connectivity index is 1.50. The summed E-state index contributed by atoms with van der Waals surface area (Å²) in [5.74, 6) is -1.28. The average Bonchev–Trinajstić information content (AvgIpc) is 2.71. The van der Waals surface area contributed by atoms with Gasteiger partial charge in [0.05, 0.1) is 27.7 Å². The number of piperidine rings is 1. The van der Waals surface area contributed by atoms with Gasteiger partial charge in [0.2, 0.25) is 5.43 Å². The van der Waals surface area contributed by atoms with Crippen molar-refractivity contribution in [2.24, 2.45) is 0 Å². The zero-order valence-corrected chi connectivity index (χ0v) is 17.8. The van der Waals surface area contributed by atoms with Gasteiger partial charge >= 0.3 is 5.97 Å². The van der Waals surface area contributed by atoms with Gasteiger partial charge in [-0.1, -0.05) is 35.5 Å². The van der Waals surface area contributed by atoms with Crippen molar-refractivity contribution in [1.29, 1.82) is 0 Å². The maximum absolute atomic E-state index is 15.0. The monoisotopic (exact) mass is 460 g/mol. The van der Waals surface area contributed by atoms with Gasteiger partial charge < -0.3 is 19.7 Å². The standard InChI is InChI=1S/C22H18ClFN2O4S/c23-13-3-1-12(2-4-13)22(30)5-7-25(8-6-22)17-9-14-16(10-15(17)24)26-11-31-20(26)18(19(14)27)21(28)29/h1-4,9-10,30H,5-8,11H2,(H,28,29). The Morgan fingerprint density at radius 3 is 2.42 bits per heavy atom. The number of nitrogens with zero attached hydrogens (tertiary/aromatic N) is 2. The maximum atomic E-state index is 15.0. The summed E-state index contributed by atoms with van der Waals surface area (Å²) >= 11 is 7.20. The number of carboxylic acids is 1. The molecule has 2 aliphatic rings. The average molecular weight is 461 g/mol. The molecule has 2 aromatic carbocycles. The van der Waals surface area contributed by atoms with Crippen molar-refractivity contribution in [3.05, 3.63) is 68.6 Å². The van der Waals surface area contributed by atoms with Crippen LogP contribution in [0.5, 0.6) is 0 Å². The van der Waals surface area contributed by atoms with Crippen LogP contribution in [-0.2, 0) is 11.5 Å². The lowest BCUT2D eigenvalue weighted by Gasteiger charge is -2.40. The molecule has 3 heterocycles. The number of aromatic carboxylic acids is 1. The molecule has 1 fully saturated rings. The van der Waals surface area contributed by atoms with Gasteiger partial charge in [-0.2, -0.15) is 0 Å². The van der Waals surface area contributed by atoms with Crippen molar-refractivity contribution in [2.75, 3.05) is 18.0 Å². The van der Waals surface area contributed by atoms with Crippen molar-refractivity contribution < 1.29 is 19.4 Å². The predicted octanol–water partition coefficient (Wildman–Crippen LogP) is 4.04. The molecule has 0 atom stereocenters. The van der Waals surface area contributed by atoms with Crippen LogP contribution >= 0.6 is 23.4 Å². The molecule has 6 nitrogen and oxygen atoms in total. The zero-order valence-electron chi connectivity index (χ0n) is 16.3. The Labute approximate surface area is 185 Å². The number of carbonyl (C=O) groups is 1. The Hall–Kier alpha value is -2.55. The molecular formula is C22H18ClFN2O4S. The number of benzene rings is 2. The second-order valence-electron chi connectivity index (χ2n) is 7.86. The molecule has 160 valence electrons. The van der Waals surface area contributed by atoms with Crippen LogP contribution in [0.15, 0.2) is 46.2 Å². The fourth-order valence-electron chi connectivity index (χ4n) is 4.37. The van der Waals surface area contributed by atoms with Gasteiger partial charge in [-0.15, -0.1) is 0 Å². The summed E-state index contributed by atoms with van der Waals surface area (Å²) < 4.78 is 16.7. The van der Waals surface area contributed by atoms with Gasteiger partial charge in [0, 0.05) is 29.6 Å². The molecule has 2 N–H and O–H groups in total. The highest BCUT2D eigenvalue weighted by atomic mass is 35.5. The third-order valence-corrected chi connectivity index (χ3v) is 7.48. The number of aliphatic hydroxyl groups is 1. The maximum Gasteiger partial charge on any atom is 0.342 e. The summed E-state index contributed by atoms with van der Waals surface area (Å²) in [7, 11) is 0. The summed E-state index contributed by atoms with van der Waals surface area (Å²) in [6.45, 7) is 0.769. The van der Waals surface area contributed by atoms with E-state index in [9.17, 15) is 19.8 Å². The van der Waals surface area contributed by atoms with E-state index in [0.29, 0.717) is 47.4 Å². The first-order chi connectivity index (χ1) is 14.8. The number of anilines is 1. The molecule has 0 aliphatic carbocycles. The van der Waals surface area contributed by atoms with Gasteiger partial charge in [0.1, 0.15) is 11.4 Å². The van der Waals surface area contributed by atoms with Crippen molar-refractivity contribution in [3.8, 4) is 0 Å². The summed E-state index contributed by atoms with van der Waals surface area (Å²) in [6.07, 6.45) is 0.762. The number of aromatic nitrogens is 1. The van der Waals surface area contributed by atoms with Crippen molar-refractivity contribution in [2.45, 2.75) is 29.3 Å². The highest BCUT2D eigenvalue weighted by Crippen LogP contribution is 2.39. The first-order valence-corrected chi connectivity index (χ1v) is 11.1. The first kappa shape index (κ1) is 20.4. The number of halogens is 2.